The maximum atomic E-state index is 12.5. The van der Waals surface area contributed by atoms with Crippen molar-refractivity contribution in [3.8, 4) is 11.5 Å². The van der Waals surface area contributed by atoms with Gasteiger partial charge in [-0.1, -0.05) is 12.1 Å². The second-order valence-electron chi connectivity index (χ2n) is 8.59. The number of nitro benzene ring substituents is 1. The van der Waals surface area contributed by atoms with Gasteiger partial charge >= 0.3 is 5.97 Å². The Morgan fingerprint density at radius 3 is 2.39 bits per heavy atom. The number of hydrogen-bond donors (Lipinski definition) is 1. The van der Waals surface area contributed by atoms with Crippen LogP contribution in [0, 0.1) is 10.1 Å². The normalized spacial score (nSPS) is 13.2. The fourth-order valence-corrected chi connectivity index (χ4v) is 3.92. The lowest BCUT2D eigenvalue weighted by Gasteiger charge is -2.17. The van der Waals surface area contributed by atoms with Gasteiger partial charge in [0, 0.05) is 36.9 Å². The first-order valence-corrected chi connectivity index (χ1v) is 12.2. The number of rotatable bonds is 14. The van der Waals surface area contributed by atoms with Crippen LogP contribution in [-0.2, 0) is 20.7 Å². The Kier molecular flexibility index (Phi) is 10.5. The Labute approximate surface area is 210 Å². The molecule has 2 aromatic rings. The maximum Gasteiger partial charge on any atom is 0.305 e. The molecule has 36 heavy (non-hydrogen) atoms. The third-order valence-electron chi connectivity index (χ3n) is 5.82. The van der Waals surface area contributed by atoms with E-state index in [2.05, 4.69) is 15.0 Å². The minimum atomic E-state index is -0.480. The number of nitrogens with one attached hydrogen (secondary N) is 1. The second-order valence-corrected chi connectivity index (χ2v) is 8.59. The summed E-state index contributed by atoms with van der Waals surface area (Å²) in [5.41, 5.74) is 1.17. The number of hydrogen-bond acceptors (Lipinski definition) is 8. The lowest BCUT2D eigenvalue weighted by atomic mass is 10.1. The summed E-state index contributed by atoms with van der Waals surface area (Å²) in [5.74, 6) is 0.487. The van der Waals surface area contributed by atoms with Gasteiger partial charge in [-0.2, -0.15) is 0 Å². The molecule has 1 heterocycles. The Morgan fingerprint density at radius 2 is 1.69 bits per heavy atom. The van der Waals surface area contributed by atoms with Gasteiger partial charge < -0.3 is 24.4 Å². The fraction of sp³-hybridized carbons (Fsp3) is 0.462. The Bertz CT molecular complexity index is 1020. The van der Waals surface area contributed by atoms with E-state index in [4.69, 9.17) is 9.47 Å². The molecule has 194 valence electrons. The first-order valence-electron chi connectivity index (χ1n) is 12.2. The van der Waals surface area contributed by atoms with Gasteiger partial charge in [0.15, 0.2) is 11.5 Å². The molecule has 1 aliphatic rings. The van der Waals surface area contributed by atoms with E-state index in [-0.39, 0.29) is 30.4 Å². The summed E-state index contributed by atoms with van der Waals surface area (Å²) < 4.78 is 16.5. The van der Waals surface area contributed by atoms with E-state index in [0.717, 1.165) is 26.1 Å². The molecule has 0 aliphatic carbocycles. The van der Waals surface area contributed by atoms with Crippen LogP contribution >= 0.6 is 0 Å². The van der Waals surface area contributed by atoms with Gasteiger partial charge in [-0.05, 0) is 56.5 Å². The highest BCUT2D eigenvalue weighted by Crippen LogP contribution is 2.31. The molecule has 1 fully saturated rings. The zero-order chi connectivity index (χ0) is 25.8. The quantitative estimate of drug-likeness (QED) is 0.179. The summed E-state index contributed by atoms with van der Waals surface area (Å²) in [6.45, 7) is 4.11. The van der Waals surface area contributed by atoms with Crippen molar-refractivity contribution in [2.45, 2.75) is 38.5 Å². The zero-order valence-corrected chi connectivity index (χ0v) is 20.6. The highest BCUT2D eigenvalue weighted by molar-refractivity contribution is 5.92. The number of carbonyl (C=O) groups excluding carboxylic acids is 2. The molecular formula is C26H33N3O7. The summed E-state index contributed by atoms with van der Waals surface area (Å²) in [5, 5.41) is 13.6. The Balaban J connectivity index is 1.58. The molecule has 10 heteroatoms. The molecule has 0 radical (unpaired) electrons. The first kappa shape index (κ1) is 26.9. The standard InChI is InChI=1S/C26H33N3O7/c1-34-26(31)6-4-16-36-24-19-21(9-12-23(24)35-17-5-15-28-13-2-3-14-28)27-25(30)18-20-7-10-22(11-8-20)29(32)33/h7-12,19H,2-6,13-18H2,1H3,(H,27,30). The number of nitro groups is 1. The van der Waals surface area contributed by atoms with E-state index in [0.29, 0.717) is 42.4 Å². The number of benzene rings is 2. The van der Waals surface area contributed by atoms with Crippen LogP contribution in [0.1, 0.15) is 37.7 Å². The monoisotopic (exact) mass is 499 g/mol. The van der Waals surface area contributed by atoms with Crippen LogP contribution in [-0.4, -0.2) is 61.7 Å². The summed E-state index contributed by atoms with van der Waals surface area (Å²) in [6.07, 6.45) is 4.20. The van der Waals surface area contributed by atoms with E-state index >= 15 is 0 Å². The molecule has 0 saturated carbocycles. The van der Waals surface area contributed by atoms with Crippen molar-refractivity contribution < 1.29 is 28.7 Å². The minimum Gasteiger partial charge on any atom is -0.490 e. The van der Waals surface area contributed by atoms with Gasteiger partial charge in [-0.25, -0.2) is 0 Å². The van der Waals surface area contributed by atoms with E-state index in [1.165, 1.54) is 32.1 Å². The summed E-state index contributed by atoms with van der Waals surface area (Å²) in [7, 11) is 1.35. The van der Waals surface area contributed by atoms with Crippen molar-refractivity contribution in [1.82, 2.24) is 4.90 Å². The molecule has 10 nitrogen and oxygen atoms in total. The Hall–Kier alpha value is -3.66. The summed E-state index contributed by atoms with van der Waals surface area (Å²) in [4.78, 5) is 36.6. The number of non-ortho nitro benzene ring substituents is 1. The third-order valence-corrected chi connectivity index (χ3v) is 5.82. The molecule has 1 saturated heterocycles. The fourth-order valence-electron chi connectivity index (χ4n) is 3.92. The molecule has 0 spiro atoms. The van der Waals surface area contributed by atoms with Gasteiger partial charge in [-0.15, -0.1) is 0 Å². The predicted molar refractivity (Wildman–Crippen MR) is 134 cm³/mol. The number of methoxy groups -OCH3 is 1. The number of anilines is 1. The number of amides is 1. The first-order chi connectivity index (χ1) is 17.4. The predicted octanol–water partition coefficient (Wildman–Crippen LogP) is 3.97. The lowest BCUT2D eigenvalue weighted by Crippen LogP contribution is -2.22. The minimum absolute atomic E-state index is 0.0239. The number of nitrogens with zero attached hydrogens (tertiary/aromatic N) is 2. The number of carbonyl (C=O) groups is 2. The van der Waals surface area contributed by atoms with Gasteiger partial charge in [0.25, 0.3) is 5.69 Å². The van der Waals surface area contributed by atoms with Crippen LogP contribution in [0.25, 0.3) is 0 Å². The van der Waals surface area contributed by atoms with E-state index in [1.54, 1.807) is 30.3 Å². The van der Waals surface area contributed by atoms with Crippen LogP contribution in [0.15, 0.2) is 42.5 Å². The van der Waals surface area contributed by atoms with Crippen LogP contribution < -0.4 is 14.8 Å². The van der Waals surface area contributed by atoms with Crippen molar-refractivity contribution >= 4 is 23.3 Å². The van der Waals surface area contributed by atoms with Crippen LogP contribution in [0.5, 0.6) is 11.5 Å². The molecule has 0 atom stereocenters. The molecular weight excluding hydrogens is 466 g/mol. The topological polar surface area (TPSA) is 120 Å². The molecule has 0 unspecified atom stereocenters. The zero-order valence-electron chi connectivity index (χ0n) is 20.6. The molecule has 1 amide bonds. The smallest absolute Gasteiger partial charge is 0.305 e. The highest BCUT2D eigenvalue weighted by Gasteiger charge is 2.13. The van der Waals surface area contributed by atoms with Crippen LogP contribution in [0.4, 0.5) is 11.4 Å². The van der Waals surface area contributed by atoms with Crippen molar-refractivity contribution in [2.75, 3.05) is 45.3 Å². The van der Waals surface area contributed by atoms with E-state index < -0.39 is 4.92 Å². The number of likely N-dealkylation sites (tertiary alicyclic amines) is 1. The van der Waals surface area contributed by atoms with Crippen molar-refractivity contribution in [3.63, 3.8) is 0 Å². The van der Waals surface area contributed by atoms with E-state index in [1.807, 2.05) is 0 Å². The van der Waals surface area contributed by atoms with Crippen LogP contribution in [0.2, 0.25) is 0 Å². The maximum absolute atomic E-state index is 12.5. The van der Waals surface area contributed by atoms with Gasteiger partial charge in [0.1, 0.15) is 0 Å². The molecule has 0 aromatic heterocycles. The van der Waals surface area contributed by atoms with Crippen molar-refractivity contribution in [1.29, 1.82) is 0 Å². The Morgan fingerprint density at radius 1 is 1.00 bits per heavy atom. The van der Waals surface area contributed by atoms with E-state index in [9.17, 15) is 19.7 Å². The summed E-state index contributed by atoms with van der Waals surface area (Å²) >= 11 is 0. The number of ether oxygens (including phenoxy) is 3. The van der Waals surface area contributed by atoms with Crippen LogP contribution in [0.3, 0.4) is 0 Å². The third kappa shape index (κ3) is 8.84. The van der Waals surface area contributed by atoms with Gasteiger partial charge in [0.05, 0.1) is 31.7 Å². The lowest BCUT2D eigenvalue weighted by molar-refractivity contribution is -0.384. The molecule has 1 N–H and O–H groups in total. The van der Waals surface area contributed by atoms with Gasteiger partial charge in [-0.3, -0.25) is 19.7 Å². The van der Waals surface area contributed by atoms with Gasteiger partial charge in [0.2, 0.25) is 5.91 Å². The van der Waals surface area contributed by atoms with Crippen molar-refractivity contribution in [3.05, 3.63) is 58.1 Å². The summed E-state index contributed by atoms with van der Waals surface area (Å²) in [6, 6.07) is 11.1. The average Bonchev–Trinajstić information content (AvgIpc) is 3.39. The SMILES string of the molecule is COC(=O)CCCOc1cc(NC(=O)Cc2ccc([N+](=O)[O-])cc2)ccc1OCCCN1CCCC1. The van der Waals surface area contributed by atoms with Crippen molar-refractivity contribution in [2.24, 2.45) is 0 Å². The highest BCUT2D eigenvalue weighted by atomic mass is 16.6. The molecule has 1 aliphatic heterocycles. The second kappa shape index (κ2) is 14.0. The largest absolute Gasteiger partial charge is 0.490 e. The number of esters is 1. The molecule has 3 rings (SSSR count). The molecule has 2 aromatic carbocycles. The molecule has 0 bridgehead atoms. The average molecular weight is 500 g/mol.